The zero-order chi connectivity index (χ0) is 22.2. The molecule has 0 saturated heterocycles. The van der Waals surface area contributed by atoms with Crippen molar-refractivity contribution in [3.05, 3.63) is 69.8 Å². The number of nitrogens with one attached hydrogen (secondary N) is 1. The number of carbonyl (C=O) groups excluding carboxylic acids is 1. The largest absolute Gasteiger partial charge is 0.382 e. The van der Waals surface area contributed by atoms with Gasteiger partial charge in [0, 0.05) is 19.2 Å². The molecule has 0 aliphatic heterocycles. The van der Waals surface area contributed by atoms with E-state index < -0.39 is 0 Å². The fraction of sp³-hybridized carbons (Fsp3) is 0.318. The number of nitrogens with zero attached hydrogens (tertiary/aromatic N) is 5. The van der Waals surface area contributed by atoms with Crippen LogP contribution in [0.25, 0.3) is 5.69 Å². The minimum absolute atomic E-state index is 0.200. The van der Waals surface area contributed by atoms with E-state index in [9.17, 15) is 14.9 Å². The summed E-state index contributed by atoms with van der Waals surface area (Å²) in [6.45, 7) is 2.88. The van der Waals surface area contributed by atoms with Crippen LogP contribution in [0.2, 0.25) is 0 Å². The van der Waals surface area contributed by atoms with Crippen LogP contribution < -0.4 is 16.6 Å². The van der Waals surface area contributed by atoms with E-state index >= 15 is 0 Å². The molecular weight excluding hydrogens is 394 g/mol. The lowest BCUT2D eigenvalue weighted by Gasteiger charge is -2.07. The van der Waals surface area contributed by atoms with E-state index in [-0.39, 0.29) is 17.2 Å². The predicted molar refractivity (Wildman–Crippen MR) is 117 cm³/mol. The van der Waals surface area contributed by atoms with Crippen molar-refractivity contribution in [2.45, 2.75) is 39.2 Å². The number of nitrogen functional groups attached to an aromatic ring is 1. The highest BCUT2D eigenvalue weighted by molar-refractivity contribution is 5.91. The van der Waals surface area contributed by atoms with Crippen LogP contribution in [0.15, 0.2) is 47.3 Å². The molecule has 160 valence electrons. The molecule has 3 N–H and O–H groups in total. The first-order valence-electron chi connectivity index (χ1n) is 10.2. The number of aryl methyl sites for hydroxylation is 2. The van der Waals surface area contributed by atoms with E-state index in [0.29, 0.717) is 43.0 Å². The molecule has 3 aromatic rings. The molecule has 0 fully saturated rings. The van der Waals surface area contributed by atoms with E-state index in [1.54, 1.807) is 4.68 Å². The number of hydrogen-bond donors (Lipinski definition) is 2. The molecule has 0 spiro atoms. The van der Waals surface area contributed by atoms with Gasteiger partial charge in [-0.2, -0.15) is 15.5 Å². The Hall–Kier alpha value is -3.93. The summed E-state index contributed by atoms with van der Waals surface area (Å²) in [5, 5.41) is 20.9. The van der Waals surface area contributed by atoms with Crippen LogP contribution in [-0.4, -0.2) is 32.0 Å². The van der Waals surface area contributed by atoms with Gasteiger partial charge in [-0.1, -0.05) is 31.5 Å². The maximum atomic E-state index is 12.4. The highest BCUT2D eigenvalue weighted by atomic mass is 16.2. The van der Waals surface area contributed by atoms with Crippen molar-refractivity contribution in [3.63, 3.8) is 0 Å². The van der Waals surface area contributed by atoms with Crippen molar-refractivity contribution in [2.75, 3.05) is 12.3 Å². The van der Waals surface area contributed by atoms with Gasteiger partial charge in [-0.25, -0.2) is 9.36 Å². The third kappa shape index (κ3) is 5.17. The molecule has 0 aliphatic carbocycles. The highest BCUT2D eigenvalue weighted by Gasteiger charge is 2.16. The fourth-order valence-corrected chi connectivity index (χ4v) is 3.13. The second-order valence-corrected chi connectivity index (χ2v) is 7.06. The van der Waals surface area contributed by atoms with Gasteiger partial charge in [0.2, 0.25) is 0 Å². The second-order valence-electron chi connectivity index (χ2n) is 7.06. The molecule has 0 radical (unpaired) electrons. The van der Waals surface area contributed by atoms with Crippen LogP contribution in [0.5, 0.6) is 0 Å². The summed E-state index contributed by atoms with van der Waals surface area (Å²) in [6, 6.07) is 14.3. The molecule has 3 rings (SSSR count). The number of aromatic nitrogens is 4. The molecule has 1 aromatic carbocycles. The van der Waals surface area contributed by atoms with Crippen LogP contribution >= 0.6 is 0 Å². The molecule has 0 atom stereocenters. The molecule has 0 unspecified atom stereocenters. The number of nitrogens with two attached hydrogens (primary N) is 1. The Labute approximate surface area is 180 Å². The minimum Gasteiger partial charge on any atom is -0.382 e. The van der Waals surface area contributed by atoms with E-state index in [4.69, 9.17) is 5.73 Å². The van der Waals surface area contributed by atoms with Crippen LogP contribution in [0.4, 0.5) is 5.82 Å². The van der Waals surface area contributed by atoms with Crippen molar-refractivity contribution < 1.29 is 4.79 Å². The number of anilines is 1. The summed E-state index contributed by atoms with van der Waals surface area (Å²) >= 11 is 0. The number of hydrogen-bond acceptors (Lipinski definition) is 6. The van der Waals surface area contributed by atoms with E-state index in [2.05, 4.69) is 21.6 Å². The maximum absolute atomic E-state index is 12.4. The minimum atomic E-state index is -0.347. The summed E-state index contributed by atoms with van der Waals surface area (Å²) in [6.07, 6.45) is 2.80. The van der Waals surface area contributed by atoms with Gasteiger partial charge in [0.1, 0.15) is 23.1 Å². The van der Waals surface area contributed by atoms with Crippen molar-refractivity contribution in [1.82, 2.24) is 24.9 Å². The van der Waals surface area contributed by atoms with Crippen molar-refractivity contribution in [3.8, 4) is 11.8 Å². The Kier molecular flexibility index (Phi) is 7.17. The third-order valence-electron chi connectivity index (χ3n) is 4.80. The fourth-order valence-electron chi connectivity index (χ4n) is 3.13. The zero-order valence-corrected chi connectivity index (χ0v) is 17.4. The Bertz CT molecular complexity index is 1140. The first-order chi connectivity index (χ1) is 15.0. The van der Waals surface area contributed by atoms with Gasteiger partial charge in [0.25, 0.3) is 11.5 Å². The standard InChI is InChI=1S/C22H25N7O2/c1-2-3-14-28-20(30)12-11-19(26-28)22(31)25-13-7-10-18-17(15-23)21(24)29(27-18)16-8-5-4-6-9-16/h4-6,8-9,11-12H,2-3,7,10,13-14,24H2,1H3,(H,25,31). The van der Waals surface area contributed by atoms with E-state index in [1.807, 2.05) is 37.3 Å². The monoisotopic (exact) mass is 419 g/mol. The molecule has 0 saturated carbocycles. The molecule has 9 heteroatoms. The topological polar surface area (TPSA) is 132 Å². The molecule has 0 bridgehead atoms. The summed E-state index contributed by atoms with van der Waals surface area (Å²) in [7, 11) is 0. The van der Waals surface area contributed by atoms with Gasteiger partial charge in [0.05, 0.1) is 11.4 Å². The van der Waals surface area contributed by atoms with Crippen molar-refractivity contribution in [2.24, 2.45) is 0 Å². The lowest BCUT2D eigenvalue weighted by atomic mass is 10.1. The number of carbonyl (C=O) groups is 1. The normalized spacial score (nSPS) is 10.6. The zero-order valence-electron chi connectivity index (χ0n) is 17.4. The Morgan fingerprint density at radius 1 is 1.16 bits per heavy atom. The number of rotatable bonds is 9. The maximum Gasteiger partial charge on any atom is 0.271 e. The van der Waals surface area contributed by atoms with Crippen LogP contribution in [0, 0.1) is 11.3 Å². The summed E-state index contributed by atoms with van der Waals surface area (Å²) in [5.41, 5.74) is 7.80. The Morgan fingerprint density at radius 3 is 2.65 bits per heavy atom. The van der Waals surface area contributed by atoms with E-state index in [1.165, 1.54) is 16.8 Å². The summed E-state index contributed by atoms with van der Waals surface area (Å²) in [4.78, 5) is 24.2. The van der Waals surface area contributed by atoms with Gasteiger partial charge in [0.15, 0.2) is 0 Å². The number of unbranched alkanes of at least 4 members (excludes halogenated alkanes) is 1. The lowest BCUT2D eigenvalue weighted by Crippen LogP contribution is -2.30. The van der Waals surface area contributed by atoms with Crippen molar-refractivity contribution >= 4 is 11.7 Å². The van der Waals surface area contributed by atoms with Crippen LogP contribution in [0.3, 0.4) is 0 Å². The SMILES string of the molecule is CCCCn1nc(C(=O)NCCCc2nn(-c3ccccc3)c(N)c2C#N)ccc1=O. The van der Waals surface area contributed by atoms with Gasteiger partial charge in [-0.15, -0.1) is 0 Å². The number of nitriles is 1. The molecule has 9 nitrogen and oxygen atoms in total. The Morgan fingerprint density at radius 2 is 1.94 bits per heavy atom. The van der Waals surface area contributed by atoms with Gasteiger partial charge >= 0.3 is 0 Å². The first-order valence-corrected chi connectivity index (χ1v) is 10.2. The summed E-state index contributed by atoms with van der Waals surface area (Å²) < 4.78 is 2.87. The summed E-state index contributed by atoms with van der Waals surface area (Å²) in [5.74, 6) is -0.0497. The van der Waals surface area contributed by atoms with Gasteiger partial charge in [-0.05, 0) is 37.5 Å². The van der Waals surface area contributed by atoms with Crippen LogP contribution in [0.1, 0.15) is 47.9 Å². The molecule has 2 aromatic heterocycles. The molecule has 0 aliphatic rings. The number of amides is 1. The van der Waals surface area contributed by atoms with Crippen molar-refractivity contribution in [1.29, 1.82) is 5.26 Å². The van der Waals surface area contributed by atoms with Gasteiger partial charge in [-0.3, -0.25) is 9.59 Å². The first kappa shape index (κ1) is 21.8. The van der Waals surface area contributed by atoms with E-state index in [0.717, 1.165) is 18.5 Å². The highest BCUT2D eigenvalue weighted by Crippen LogP contribution is 2.21. The average molecular weight is 419 g/mol. The molecule has 31 heavy (non-hydrogen) atoms. The van der Waals surface area contributed by atoms with Gasteiger partial charge < -0.3 is 11.1 Å². The Balaban J connectivity index is 1.61. The number of para-hydroxylation sites is 1. The number of benzene rings is 1. The average Bonchev–Trinajstić information content (AvgIpc) is 3.11. The smallest absolute Gasteiger partial charge is 0.271 e. The van der Waals surface area contributed by atoms with Crippen LogP contribution in [-0.2, 0) is 13.0 Å². The molecule has 1 amide bonds. The predicted octanol–water partition coefficient (Wildman–Crippen LogP) is 2.05. The molecule has 2 heterocycles. The third-order valence-corrected chi connectivity index (χ3v) is 4.80. The lowest BCUT2D eigenvalue weighted by molar-refractivity contribution is 0.0945. The molecular formula is C22H25N7O2. The quantitative estimate of drug-likeness (QED) is 0.510. The second kappa shape index (κ2) is 10.2.